The number of ether oxygens (including phenoxy) is 1. The molecular weight excluding hydrogens is 200 g/mol. The van der Waals surface area contributed by atoms with Gasteiger partial charge in [0, 0.05) is 25.7 Å². The second-order valence-electron chi connectivity index (χ2n) is 4.24. The number of nitrogens with one attached hydrogen (secondary N) is 1. The summed E-state index contributed by atoms with van der Waals surface area (Å²) in [6.07, 6.45) is 1.33. The summed E-state index contributed by atoms with van der Waals surface area (Å²) in [6, 6.07) is 8.91. The number of likely N-dealkylation sites (tertiary alicyclic amines) is 1. The van der Waals surface area contributed by atoms with E-state index in [0.717, 1.165) is 12.3 Å². The van der Waals surface area contributed by atoms with Crippen LogP contribution in [0.3, 0.4) is 0 Å². The van der Waals surface area contributed by atoms with Crippen molar-refractivity contribution >= 4 is 0 Å². The lowest BCUT2D eigenvalue weighted by molar-refractivity contribution is 0.117. The zero-order valence-corrected chi connectivity index (χ0v) is 10.1. The van der Waals surface area contributed by atoms with Crippen LogP contribution in [0.2, 0.25) is 0 Å². The molecule has 0 aliphatic carbocycles. The van der Waals surface area contributed by atoms with Crippen LogP contribution in [0.25, 0.3) is 0 Å². The lowest BCUT2D eigenvalue weighted by Gasteiger charge is -2.38. The zero-order chi connectivity index (χ0) is 11.4. The van der Waals surface area contributed by atoms with Gasteiger partial charge in [-0.2, -0.15) is 0 Å². The standard InChI is InChI=1S/C13H20N2O/c1-14-10-13(15-8-3-9-15)11-4-6-12(16-2)7-5-11/h4-7,13-14H,3,8-10H2,1-2H3. The van der Waals surface area contributed by atoms with Crippen molar-refractivity contribution in [3.8, 4) is 5.75 Å². The number of nitrogens with zero attached hydrogens (tertiary/aromatic N) is 1. The van der Waals surface area contributed by atoms with Gasteiger partial charge in [0.05, 0.1) is 7.11 Å². The third-order valence-electron chi connectivity index (χ3n) is 3.23. The maximum Gasteiger partial charge on any atom is 0.118 e. The van der Waals surface area contributed by atoms with Gasteiger partial charge in [0.25, 0.3) is 0 Å². The van der Waals surface area contributed by atoms with Gasteiger partial charge in [-0.15, -0.1) is 0 Å². The smallest absolute Gasteiger partial charge is 0.118 e. The van der Waals surface area contributed by atoms with Gasteiger partial charge in [-0.05, 0) is 31.2 Å². The molecule has 88 valence electrons. The summed E-state index contributed by atoms with van der Waals surface area (Å²) < 4.78 is 5.18. The van der Waals surface area contributed by atoms with E-state index in [2.05, 4.69) is 22.3 Å². The summed E-state index contributed by atoms with van der Waals surface area (Å²) in [5.74, 6) is 0.926. The first-order valence-electron chi connectivity index (χ1n) is 5.87. The molecule has 1 aromatic rings. The third-order valence-corrected chi connectivity index (χ3v) is 3.23. The van der Waals surface area contributed by atoms with E-state index in [1.54, 1.807) is 7.11 Å². The highest BCUT2D eigenvalue weighted by Crippen LogP contribution is 2.26. The van der Waals surface area contributed by atoms with Gasteiger partial charge in [-0.3, -0.25) is 4.90 Å². The first-order chi connectivity index (χ1) is 7.85. The Bertz CT molecular complexity index is 319. The van der Waals surface area contributed by atoms with Gasteiger partial charge in [-0.25, -0.2) is 0 Å². The summed E-state index contributed by atoms with van der Waals surface area (Å²) in [4.78, 5) is 2.51. The Morgan fingerprint density at radius 3 is 2.44 bits per heavy atom. The van der Waals surface area contributed by atoms with Crippen LogP contribution in [0.4, 0.5) is 0 Å². The maximum absolute atomic E-state index is 5.18. The predicted octanol–water partition coefficient (Wildman–Crippen LogP) is 1.66. The van der Waals surface area contributed by atoms with E-state index < -0.39 is 0 Å². The van der Waals surface area contributed by atoms with E-state index in [-0.39, 0.29) is 0 Å². The Hall–Kier alpha value is -1.06. The Labute approximate surface area is 97.4 Å². The van der Waals surface area contributed by atoms with Gasteiger partial charge >= 0.3 is 0 Å². The monoisotopic (exact) mass is 220 g/mol. The van der Waals surface area contributed by atoms with Crippen LogP contribution < -0.4 is 10.1 Å². The van der Waals surface area contributed by atoms with Crippen LogP contribution in [-0.2, 0) is 0 Å². The van der Waals surface area contributed by atoms with Crippen molar-refractivity contribution in [1.82, 2.24) is 10.2 Å². The molecule has 0 amide bonds. The molecule has 1 fully saturated rings. The van der Waals surface area contributed by atoms with Crippen LogP contribution in [-0.4, -0.2) is 38.7 Å². The molecule has 3 heteroatoms. The molecule has 0 radical (unpaired) electrons. The van der Waals surface area contributed by atoms with E-state index >= 15 is 0 Å². The molecular formula is C13H20N2O. The molecule has 1 aromatic carbocycles. The fourth-order valence-electron chi connectivity index (χ4n) is 2.13. The van der Waals surface area contributed by atoms with Crippen LogP contribution in [0.1, 0.15) is 18.0 Å². The molecule has 0 bridgehead atoms. The van der Waals surface area contributed by atoms with Crippen LogP contribution in [0, 0.1) is 0 Å². The second kappa shape index (κ2) is 5.32. The number of likely N-dealkylation sites (N-methyl/N-ethyl adjacent to an activating group) is 1. The Morgan fingerprint density at radius 1 is 1.31 bits per heavy atom. The molecule has 1 aliphatic heterocycles. The Kier molecular flexibility index (Phi) is 3.80. The summed E-state index contributed by atoms with van der Waals surface area (Å²) in [5.41, 5.74) is 1.37. The Morgan fingerprint density at radius 2 is 2.00 bits per heavy atom. The molecule has 2 rings (SSSR count). The molecule has 16 heavy (non-hydrogen) atoms. The van der Waals surface area contributed by atoms with Crippen LogP contribution >= 0.6 is 0 Å². The average Bonchev–Trinajstić information content (AvgIpc) is 2.26. The molecule has 1 aliphatic rings. The van der Waals surface area contributed by atoms with E-state index in [4.69, 9.17) is 4.74 Å². The van der Waals surface area contributed by atoms with E-state index in [1.807, 2.05) is 19.2 Å². The first kappa shape index (κ1) is 11.4. The molecule has 1 atom stereocenters. The van der Waals surface area contributed by atoms with Crippen molar-refractivity contribution in [3.63, 3.8) is 0 Å². The molecule has 3 nitrogen and oxygen atoms in total. The zero-order valence-electron chi connectivity index (χ0n) is 10.1. The fourth-order valence-corrected chi connectivity index (χ4v) is 2.13. The number of hydrogen-bond donors (Lipinski definition) is 1. The second-order valence-corrected chi connectivity index (χ2v) is 4.24. The summed E-state index contributed by atoms with van der Waals surface area (Å²) in [7, 11) is 3.71. The van der Waals surface area contributed by atoms with Gasteiger partial charge < -0.3 is 10.1 Å². The maximum atomic E-state index is 5.18. The van der Waals surface area contributed by atoms with Crippen molar-refractivity contribution in [2.45, 2.75) is 12.5 Å². The van der Waals surface area contributed by atoms with Crippen molar-refractivity contribution in [3.05, 3.63) is 29.8 Å². The molecule has 0 spiro atoms. The quantitative estimate of drug-likeness (QED) is 0.817. The number of rotatable bonds is 5. The van der Waals surface area contributed by atoms with Gasteiger partial charge in [0.15, 0.2) is 0 Å². The SMILES string of the molecule is CNCC(c1ccc(OC)cc1)N1CCC1. The lowest BCUT2D eigenvalue weighted by atomic mass is 10.0. The first-order valence-corrected chi connectivity index (χ1v) is 5.87. The molecule has 1 heterocycles. The molecule has 1 unspecified atom stereocenters. The normalized spacial score (nSPS) is 17.9. The number of benzene rings is 1. The fraction of sp³-hybridized carbons (Fsp3) is 0.538. The molecule has 1 N–H and O–H groups in total. The van der Waals surface area contributed by atoms with Crippen LogP contribution in [0.5, 0.6) is 5.75 Å². The summed E-state index contributed by atoms with van der Waals surface area (Å²) >= 11 is 0. The summed E-state index contributed by atoms with van der Waals surface area (Å²) in [5, 5.41) is 3.27. The molecule has 0 aromatic heterocycles. The lowest BCUT2D eigenvalue weighted by Crippen LogP contribution is -2.43. The largest absolute Gasteiger partial charge is 0.497 e. The van der Waals surface area contributed by atoms with Crippen molar-refractivity contribution < 1.29 is 4.74 Å². The number of methoxy groups -OCH3 is 1. The van der Waals surface area contributed by atoms with E-state index in [0.29, 0.717) is 6.04 Å². The minimum Gasteiger partial charge on any atom is -0.497 e. The predicted molar refractivity (Wildman–Crippen MR) is 65.9 cm³/mol. The topological polar surface area (TPSA) is 24.5 Å². The summed E-state index contributed by atoms with van der Waals surface area (Å²) in [6.45, 7) is 3.45. The minimum absolute atomic E-state index is 0.504. The highest BCUT2D eigenvalue weighted by Gasteiger charge is 2.24. The average molecular weight is 220 g/mol. The highest BCUT2D eigenvalue weighted by atomic mass is 16.5. The van der Waals surface area contributed by atoms with E-state index in [9.17, 15) is 0 Å². The van der Waals surface area contributed by atoms with Gasteiger partial charge in [-0.1, -0.05) is 12.1 Å². The minimum atomic E-state index is 0.504. The van der Waals surface area contributed by atoms with Crippen molar-refractivity contribution in [1.29, 1.82) is 0 Å². The molecule has 1 saturated heterocycles. The highest BCUT2D eigenvalue weighted by molar-refractivity contribution is 5.29. The third kappa shape index (κ3) is 2.36. The van der Waals surface area contributed by atoms with Crippen molar-refractivity contribution in [2.24, 2.45) is 0 Å². The number of hydrogen-bond acceptors (Lipinski definition) is 3. The van der Waals surface area contributed by atoms with Crippen LogP contribution in [0.15, 0.2) is 24.3 Å². The van der Waals surface area contributed by atoms with E-state index in [1.165, 1.54) is 25.1 Å². The van der Waals surface area contributed by atoms with Crippen molar-refractivity contribution in [2.75, 3.05) is 33.8 Å². The molecule has 0 saturated carbocycles. The Balaban J connectivity index is 2.10. The van der Waals surface area contributed by atoms with Gasteiger partial charge in [0.1, 0.15) is 5.75 Å². The van der Waals surface area contributed by atoms with Gasteiger partial charge in [0.2, 0.25) is 0 Å².